The zero-order chi connectivity index (χ0) is 13.9. The molecule has 0 aliphatic rings. The fourth-order valence-electron chi connectivity index (χ4n) is 1.64. The first-order valence-corrected chi connectivity index (χ1v) is 6.90. The van der Waals surface area contributed by atoms with E-state index >= 15 is 0 Å². The van der Waals surface area contributed by atoms with Crippen LogP contribution in [0.5, 0.6) is 10.9 Å². The van der Waals surface area contributed by atoms with Gasteiger partial charge in [-0.15, -0.1) is 0 Å². The number of nitrogens with zero attached hydrogens (tertiary/aromatic N) is 3. The SMILES string of the molecule is Nc1nc(-c2ccccc2)c(Oc2ccnc(Cl)n2)s1. The molecule has 2 aromatic heterocycles. The summed E-state index contributed by atoms with van der Waals surface area (Å²) >= 11 is 6.98. The molecule has 0 amide bonds. The molecule has 0 radical (unpaired) electrons. The number of nitrogen functional groups attached to an aromatic ring is 1. The van der Waals surface area contributed by atoms with Crippen molar-refractivity contribution in [2.24, 2.45) is 0 Å². The summed E-state index contributed by atoms with van der Waals surface area (Å²) < 4.78 is 5.71. The summed E-state index contributed by atoms with van der Waals surface area (Å²) in [4.78, 5) is 12.1. The summed E-state index contributed by atoms with van der Waals surface area (Å²) in [6, 6.07) is 11.3. The lowest BCUT2D eigenvalue weighted by Gasteiger charge is -2.04. The molecule has 0 aliphatic carbocycles. The van der Waals surface area contributed by atoms with Gasteiger partial charge in [0, 0.05) is 17.8 Å². The maximum absolute atomic E-state index is 5.77. The number of aromatic nitrogens is 3. The summed E-state index contributed by atoms with van der Waals surface area (Å²) in [6.07, 6.45) is 1.53. The van der Waals surface area contributed by atoms with Crippen molar-refractivity contribution in [3.8, 4) is 22.2 Å². The van der Waals surface area contributed by atoms with E-state index in [-0.39, 0.29) is 5.28 Å². The van der Waals surface area contributed by atoms with Gasteiger partial charge in [0.25, 0.3) is 0 Å². The number of thiazole rings is 1. The Balaban J connectivity index is 1.98. The van der Waals surface area contributed by atoms with Crippen molar-refractivity contribution in [3.05, 3.63) is 47.9 Å². The Hall–Kier alpha value is -2.18. The third-order valence-electron chi connectivity index (χ3n) is 2.46. The van der Waals surface area contributed by atoms with Crippen LogP contribution in [-0.4, -0.2) is 15.0 Å². The van der Waals surface area contributed by atoms with Crippen molar-refractivity contribution in [1.82, 2.24) is 15.0 Å². The second-order valence-corrected chi connectivity index (χ2v) is 5.15. The predicted molar refractivity (Wildman–Crippen MR) is 79.1 cm³/mol. The molecule has 20 heavy (non-hydrogen) atoms. The van der Waals surface area contributed by atoms with Gasteiger partial charge in [0.2, 0.25) is 16.2 Å². The van der Waals surface area contributed by atoms with Crippen LogP contribution in [-0.2, 0) is 0 Å². The Kier molecular flexibility index (Phi) is 3.49. The highest BCUT2D eigenvalue weighted by molar-refractivity contribution is 7.17. The summed E-state index contributed by atoms with van der Waals surface area (Å²) in [5.41, 5.74) is 7.38. The minimum Gasteiger partial charge on any atom is -0.426 e. The van der Waals surface area contributed by atoms with Gasteiger partial charge < -0.3 is 10.5 Å². The quantitative estimate of drug-likeness (QED) is 0.748. The Morgan fingerprint density at radius 1 is 1.10 bits per heavy atom. The van der Waals surface area contributed by atoms with Crippen LogP contribution in [0, 0.1) is 0 Å². The van der Waals surface area contributed by atoms with Crippen LogP contribution >= 0.6 is 22.9 Å². The lowest BCUT2D eigenvalue weighted by atomic mass is 10.2. The van der Waals surface area contributed by atoms with Gasteiger partial charge in [0.1, 0.15) is 5.69 Å². The number of hydrogen-bond donors (Lipinski definition) is 1. The predicted octanol–water partition coefficient (Wildman–Crippen LogP) is 3.63. The molecule has 0 unspecified atom stereocenters. The Labute approximate surface area is 124 Å². The molecule has 7 heteroatoms. The average molecular weight is 305 g/mol. The molecular formula is C13H9ClN4OS. The molecule has 2 heterocycles. The monoisotopic (exact) mass is 304 g/mol. The molecule has 0 saturated heterocycles. The van der Waals surface area contributed by atoms with Crippen LogP contribution in [0.3, 0.4) is 0 Å². The molecule has 0 bridgehead atoms. The van der Waals surface area contributed by atoms with Gasteiger partial charge in [-0.05, 0) is 11.6 Å². The zero-order valence-electron chi connectivity index (χ0n) is 10.2. The standard InChI is InChI=1S/C13H9ClN4OS/c14-12-16-7-6-9(17-12)19-11-10(18-13(15)20-11)8-4-2-1-3-5-8/h1-7H,(H2,15,18). The van der Waals surface area contributed by atoms with Crippen molar-refractivity contribution in [1.29, 1.82) is 0 Å². The van der Waals surface area contributed by atoms with Crippen LogP contribution in [0.1, 0.15) is 0 Å². The second kappa shape index (κ2) is 5.44. The van der Waals surface area contributed by atoms with E-state index in [4.69, 9.17) is 22.1 Å². The van der Waals surface area contributed by atoms with Gasteiger partial charge in [-0.3, -0.25) is 0 Å². The van der Waals surface area contributed by atoms with Gasteiger partial charge in [0.15, 0.2) is 5.13 Å². The molecule has 2 N–H and O–H groups in total. The normalized spacial score (nSPS) is 10.4. The molecule has 0 fully saturated rings. The first-order chi connectivity index (χ1) is 9.72. The van der Waals surface area contributed by atoms with E-state index in [0.29, 0.717) is 21.8 Å². The second-order valence-electron chi connectivity index (χ2n) is 3.82. The van der Waals surface area contributed by atoms with Crippen LogP contribution in [0.2, 0.25) is 5.28 Å². The summed E-state index contributed by atoms with van der Waals surface area (Å²) in [5.74, 6) is 0.353. The maximum Gasteiger partial charge on any atom is 0.225 e. The van der Waals surface area contributed by atoms with Crippen LogP contribution < -0.4 is 10.5 Å². The molecule has 3 aromatic rings. The number of nitrogens with two attached hydrogens (primary N) is 1. The van der Waals surface area contributed by atoms with Crippen molar-refractivity contribution >= 4 is 28.1 Å². The third-order valence-corrected chi connectivity index (χ3v) is 3.40. The van der Waals surface area contributed by atoms with Gasteiger partial charge in [-0.2, -0.15) is 4.98 Å². The van der Waals surface area contributed by atoms with Gasteiger partial charge in [-0.25, -0.2) is 9.97 Å². The van der Waals surface area contributed by atoms with Crippen molar-refractivity contribution < 1.29 is 4.74 Å². The molecule has 5 nitrogen and oxygen atoms in total. The van der Waals surface area contributed by atoms with Crippen molar-refractivity contribution in [2.45, 2.75) is 0 Å². The average Bonchev–Trinajstić information content (AvgIpc) is 2.80. The first-order valence-electron chi connectivity index (χ1n) is 5.70. The lowest BCUT2D eigenvalue weighted by Crippen LogP contribution is -1.90. The highest BCUT2D eigenvalue weighted by atomic mass is 35.5. The molecule has 100 valence electrons. The van der Waals surface area contributed by atoms with Gasteiger partial charge in [-0.1, -0.05) is 41.7 Å². The Morgan fingerprint density at radius 2 is 1.90 bits per heavy atom. The van der Waals surface area contributed by atoms with Crippen LogP contribution in [0.15, 0.2) is 42.6 Å². The number of rotatable bonds is 3. The van der Waals surface area contributed by atoms with Gasteiger partial charge in [0.05, 0.1) is 0 Å². The lowest BCUT2D eigenvalue weighted by molar-refractivity contribution is 0.475. The molecule has 0 atom stereocenters. The number of ether oxygens (including phenoxy) is 1. The van der Waals surface area contributed by atoms with E-state index in [1.807, 2.05) is 30.3 Å². The van der Waals surface area contributed by atoms with E-state index in [1.54, 1.807) is 6.07 Å². The minimum atomic E-state index is 0.126. The molecule has 0 spiro atoms. The number of hydrogen-bond acceptors (Lipinski definition) is 6. The van der Waals surface area contributed by atoms with E-state index in [2.05, 4.69) is 15.0 Å². The molecular weight excluding hydrogens is 296 g/mol. The summed E-state index contributed by atoms with van der Waals surface area (Å²) in [6.45, 7) is 0. The highest BCUT2D eigenvalue weighted by Crippen LogP contribution is 2.38. The van der Waals surface area contributed by atoms with Crippen LogP contribution in [0.25, 0.3) is 11.3 Å². The van der Waals surface area contributed by atoms with Gasteiger partial charge >= 0.3 is 0 Å². The fraction of sp³-hybridized carbons (Fsp3) is 0. The van der Waals surface area contributed by atoms with E-state index < -0.39 is 0 Å². The van der Waals surface area contributed by atoms with E-state index in [1.165, 1.54) is 17.5 Å². The molecule has 0 saturated carbocycles. The van der Waals surface area contributed by atoms with E-state index in [0.717, 1.165) is 5.56 Å². The Bertz CT molecular complexity index is 732. The zero-order valence-corrected chi connectivity index (χ0v) is 11.7. The summed E-state index contributed by atoms with van der Waals surface area (Å²) in [5, 5.41) is 1.13. The van der Waals surface area contributed by atoms with Crippen molar-refractivity contribution in [3.63, 3.8) is 0 Å². The van der Waals surface area contributed by atoms with Crippen molar-refractivity contribution in [2.75, 3.05) is 5.73 Å². The highest BCUT2D eigenvalue weighted by Gasteiger charge is 2.14. The summed E-state index contributed by atoms with van der Waals surface area (Å²) in [7, 11) is 0. The number of halogens is 1. The molecule has 0 aliphatic heterocycles. The number of benzene rings is 1. The fourth-order valence-corrected chi connectivity index (χ4v) is 2.49. The smallest absolute Gasteiger partial charge is 0.225 e. The first kappa shape index (κ1) is 12.8. The third kappa shape index (κ3) is 2.71. The Morgan fingerprint density at radius 3 is 2.65 bits per heavy atom. The van der Waals surface area contributed by atoms with E-state index in [9.17, 15) is 0 Å². The molecule has 3 rings (SSSR count). The minimum absolute atomic E-state index is 0.126. The largest absolute Gasteiger partial charge is 0.426 e. The maximum atomic E-state index is 5.77. The topological polar surface area (TPSA) is 73.9 Å². The van der Waals surface area contributed by atoms with Crippen LogP contribution in [0.4, 0.5) is 5.13 Å². The molecule has 1 aromatic carbocycles. The number of anilines is 1.